The maximum atomic E-state index is 13.0. The zero-order chi connectivity index (χ0) is 24.1. The van der Waals surface area contributed by atoms with E-state index in [1.165, 1.54) is 25.0 Å². The Bertz CT molecular complexity index is 1130. The highest BCUT2D eigenvalue weighted by Gasteiger charge is 2.36. The molecular weight excluding hydrogens is 454 g/mol. The summed E-state index contributed by atoms with van der Waals surface area (Å²) in [5.41, 5.74) is 1.62. The molecule has 0 radical (unpaired) electrons. The second-order valence-corrected chi connectivity index (χ2v) is 10.7. The van der Waals surface area contributed by atoms with Crippen LogP contribution in [0, 0.1) is 0 Å². The number of sulfonamides is 1. The summed E-state index contributed by atoms with van der Waals surface area (Å²) in [7, 11) is -2.05. The maximum Gasteiger partial charge on any atom is 0.251 e. The largest absolute Gasteiger partial charge is 0.497 e. The van der Waals surface area contributed by atoms with Gasteiger partial charge in [-0.15, -0.1) is 0 Å². The van der Waals surface area contributed by atoms with Crippen LogP contribution in [-0.2, 0) is 14.8 Å². The fourth-order valence-electron chi connectivity index (χ4n) is 4.62. The number of carbonyl (C=O) groups is 2. The Kier molecular flexibility index (Phi) is 7.53. The minimum Gasteiger partial charge on any atom is -0.497 e. The van der Waals surface area contributed by atoms with Crippen molar-refractivity contribution >= 4 is 27.5 Å². The van der Waals surface area contributed by atoms with E-state index in [0.29, 0.717) is 12.1 Å². The van der Waals surface area contributed by atoms with Crippen LogP contribution in [0.4, 0.5) is 5.69 Å². The third-order valence-electron chi connectivity index (χ3n) is 6.46. The van der Waals surface area contributed by atoms with Crippen LogP contribution in [0.2, 0.25) is 0 Å². The van der Waals surface area contributed by atoms with Gasteiger partial charge < -0.3 is 10.1 Å². The molecule has 2 saturated heterocycles. The van der Waals surface area contributed by atoms with Gasteiger partial charge in [-0.1, -0.05) is 31.0 Å². The van der Waals surface area contributed by atoms with E-state index >= 15 is 0 Å². The van der Waals surface area contributed by atoms with E-state index in [1.54, 1.807) is 19.2 Å². The molecule has 2 aromatic rings. The molecule has 2 aliphatic heterocycles. The fraction of sp³-hybridized carbons (Fsp3) is 0.440. The third kappa shape index (κ3) is 5.42. The van der Waals surface area contributed by atoms with Crippen molar-refractivity contribution in [2.24, 2.45) is 0 Å². The molecule has 4 rings (SSSR count). The SMILES string of the molecule is COc1ccc(C(CNC(=O)c2cccc(N3C(=O)CCS3(=O)=O)c2)N2CCCCCC2)cc1. The smallest absolute Gasteiger partial charge is 0.251 e. The van der Waals surface area contributed by atoms with Gasteiger partial charge in [0.05, 0.1) is 24.6 Å². The fourth-order valence-corrected chi connectivity index (χ4v) is 6.08. The van der Waals surface area contributed by atoms with E-state index in [4.69, 9.17) is 4.74 Å². The average Bonchev–Trinajstić information content (AvgIpc) is 3.00. The topological polar surface area (TPSA) is 96.0 Å². The predicted octanol–water partition coefficient (Wildman–Crippen LogP) is 3.11. The Balaban J connectivity index is 1.52. The van der Waals surface area contributed by atoms with E-state index in [9.17, 15) is 18.0 Å². The van der Waals surface area contributed by atoms with E-state index in [1.807, 2.05) is 24.3 Å². The number of hydrogen-bond acceptors (Lipinski definition) is 6. The standard InChI is InChI=1S/C25H31N3O5S/c1-33-22-11-9-19(10-12-22)23(27-14-4-2-3-5-15-27)18-26-25(30)20-7-6-8-21(17-20)28-24(29)13-16-34(28,31)32/h6-12,17,23H,2-5,13-16,18H2,1H3,(H,26,30). The molecule has 1 unspecified atom stereocenters. The molecule has 2 fully saturated rings. The summed E-state index contributed by atoms with van der Waals surface area (Å²) in [6.07, 6.45) is 4.63. The summed E-state index contributed by atoms with van der Waals surface area (Å²) in [4.78, 5) is 27.6. The van der Waals surface area contributed by atoms with Crippen molar-refractivity contribution in [3.05, 3.63) is 59.7 Å². The quantitative estimate of drug-likeness (QED) is 0.648. The Hall–Kier alpha value is -2.91. The number of amides is 2. The van der Waals surface area contributed by atoms with Gasteiger partial charge in [0.15, 0.2) is 0 Å². The molecule has 2 amide bonds. The van der Waals surface area contributed by atoms with Gasteiger partial charge in [-0.05, 0) is 61.8 Å². The Morgan fingerprint density at radius 1 is 1.06 bits per heavy atom. The number of carbonyl (C=O) groups excluding carboxylic acids is 2. The lowest BCUT2D eigenvalue weighted by atomic mass is 10.0. The summed E-state index contributed by atoms with van der Waals surface area (Å²) in [6, 6.07) is 14.2. The van der Waals surface area contributed by atoms with Gasteiger partial charge in [0.1, 0.15) is 5.75 Å². The molecule has 0 aliphatic carbocycles. The van der Waals surface area contributed by atoms with Crippen molar-refractivity contribution in [3.63, 3.8) is 0 Å². The first kappa shape index (κ1) is 24.2. The molecule has 2 heterocycles. The lowest BCUT2D eigenvalue weighted by Gasteiger charge is -2.31. The van der Waals surface area contributed by atoms with E-state index < -0.39 is 15.9 Å². The molecule has 182 valence electrons. The molecule has 0 spiro atoms. The Morgan fingerprint density at radius 3 is 2.38 bits per heavy atom. The summed E-state index contributed by atoms with van der Waals surface area (Å²) in [6.45, 7) is 2.35. The van der Waals surface area contributed by atoms with Gasteiger partial charge in [0.25, 0.3) is 5.91 Å². The van der Waals surface area contributed by atoms with Crippen molar-refractivity contribution in [3.8, 4) is 5.75 Å². The predicted molar refractivity (Wildman–Crippen MR) is 130 cm³/mol. The minimum atomic E-state index is -3.68. The van der Waals surface area contributed by atoms with Crippen molar-refractivity contribution in [2.75, 3.05) is 36.8 Å². The van der Waals surface area contributed by atoms with Gasteiger partial charge in [-0.2, -0.15) is 0 Å². The molecule has 34 heavy (non-hydrogen) atoms. The number of ether oxygens (including phenoxy) is 1. The average molecular weight is 486 g/mol. The highest BCUT2D eigenvalue weighted by Crippen LogP contribution is 2.27. The van der Waals surface area contributed by atoms with Crippen molar-refractivity contribution in [2.45, 2.75) is 38.1 Å². The summed E-state index contributed by atoms with van der Waals surface area (Å²) < 4.78 is 30.6. The van der Waals surface area contributed by atoms with Crippen LogP contribution >= 0.6 is 0 Å². The highest BCUT2D eigenvalue weighted by molar-refractivity contribution is 7.94. The molecule has 1 N–H and O–H groups in total. The number of nitrogens with zero attached hydrogens (tertiary/aromatic N) is 2. The second-order valence-electron chi connectivity index (χ2n) is 8.72. The van der Waals surface area contributed by atoms with Crippen LogP contribution in [-0.4, -0.2) is 57.6 Å². The van der Waals surface area contributed by atoms with Crippen molar-refractivity contribution in [1.29, 1.82) is 0 Å². The second kappa shape index (κ2) is 10.6. The lowest BCUT2D eigenvalue weighted by molar-refractivity contribution is -0.116. The van der Waals surface area contributed by atoms with E-state index in [0.717, 1.165) is 41.5 Å². The van der Waals surface area contributed by atoms with Gasteiger partial charge in [0.2, 0.25) is 15.9 Å². The van der Waals surface area contributed by atoms with Crippen LogP contribution in [0.1, 0.15) is 54.1 Å². The summed E-state index contributed by atoms with van der Waals surface area (Å²) in [5.74, 6) is -0.204. The number of nitrogens with one attached hydrogen (secondary N) is 1. The molecule has 9 heteroatoms. The van der Waals surface area contributed by atoms with Gasteiger partial charge in [-0.25, -0.2) is 12.7 Å². The van der Waals surface area contributed by atoms with Crippen molar-refractivity contribution < 1.29 is 22.7 Å². The van der Waals surface area contributed by atoms with Crippen LogP contribution < -0.4 is 14.4 Å². The first-order chi connectivity index (χ1) is 16.4. The van der Waals surface area contributed by atoms with Crippen molar-refractivity contribution in [1.82, 2.24) is 10.2 Å². The monoisotopic (exact) mass is 485 g/mol. The highest BCUT2D eigenvalue weighted by atomic mass is 32.2. The Labute approximate surface area is 200 Å². The zero-order valence-corrected chi connectivity index (χ0v) is 20.2. The minimum absolute atomic E-state index is 0.0108. The lowest BCUT2D eigenvalue weighted by Crippen LogP contribution is -2.38. The van der Waals surface area contributed by atoms with E-state index in [2.05, 4.69) is 10.2 Å². The van der Waals surface area contributed by atoms with Gasteiger partial charge >= 0.3 is 0 Å². The number of benzene rings is 2. The van der Waals surface area contributed by atoms with Crippen LogP contribution in [0.3, 0.4) is 0 Å². The molecule has 0 bridgehead atoms. The molecule has 0 aromatic heterocycles. The maximum absolute atomic E-state index is 13.0. The molecule has 8 nitrogen and oxygen atoms in total. The molecule has 1 atom stereocenters. The molecule has 0 saturated carbocycles. The normalized spacial score (nSPS) is 19.4. The molecular formula is C25H31N3O5S. The van der Waals surface area contributed by atoms with Crippen LogP contribution in [0.25, 0.3) is 0 Å². The number of methoxy groups -OCH3 is 1. The molecule has 2 aliphatic rings. The summed E-state index contributed by atoms with van der Waals surface area (Å²) >= 11 is 0. The third-order valence-corrected chi connectivity index (χ3v) is 8.15. The number of likely N-dealkylation sites (tertiary alicyclic amines) is 1. The molecule has 2 aromatic carbocycles. The van der Waals surface area contributed by atoms with Crippen LogP contribution in [0.5, 0.6) is 5.75 Å². The van der Waals surface area contributed by atoms with Gasteiger partial charge in [0, 0.05) is 18.5 Å². The first-order valence-electron chi connectivity index (χ1n) is 11.7. The van der Waals surface area contributed by atoms with Crippen LogP contribution in [0.15, 0.2) is 48.5 Å². The number of rotatable bonds is 7. The first-order valence-corrected chi connectivity index (χ1v) is 13.3. The number of anilines is 1. The number of hydrogen-bond donors (Lipinski definition) is 1. The summed E-state index contributed by atoms with van der Waals surface area (Å²) in [5, 5.41) is 3.03. The Morgan fingerprint density at radius 2 is 1.76 bits per heavy atom. The van der Waals surface area contributed by atoms with Gasteiger partial charge in [-0.3, -0.25) is 14.5 Å². The van der Waals surface area contributed by atoms with E-state index in [-0.39, 0.29) is 29.8 Å². The zero-order valence-electron chi connectivity index (χ0n) is 19.4.